The molecular weight excluding hydrogens is 294 g/mol. The van der Waals surface area contributed by atoms with Crippen molar-refractivity contribution in [1.82, 2.24) is 14.7 Å². The molecule has 0 aromatic rings. The molecule has 0 saturated carbocycles. The van der Waals surface area contributed by atoms with Gasteiger partial charge in [-0.1, -0.05) is 13.8 Å². The van der Waals surface area contributed by atoms with Gasteiger partial charge in [-0.2, -0.15) is 0 Å². The number of hydrogen-bond acceptors (Lipinski definition) is 3. The van der Waals surface area contributed by atoms with Crippen LogP contribution in [0, 0.1) is 11.3 Å². The predicted molar refractivity (Wildman–Crippen MR) is 105 cm³/mol. The molecule has 142 valence electrons. The van der Waals surface area contributed by atoms with Crippen LogP contribution in [-0.4, -0.2) is 64.2 Å². The van der Waals surface area contributed by atoms with Crippen molar-refractivity contribution in [3.8, 4) is 0 Å². The third-order valence-corrected chi connectivity index (χ3v) is 7.45. The van der Waals surface area contributed by atoms with E-state index < -0.39 is 0 Å². The molecule has 2 fully saturated rings. The minimum Gasteiger partial charge on any atom is -0.298 e. The molecule has 3 heteroatoms. The van der Waals surface area contributed by atoms with Crippen molar-refractivity contribution < 1.29 is 0 Å². The summed E-state index contributed by atoms with van der Waals surface area (Å²) in [5.41, 5.74) is 1.09. The van der Waals surface area contributed by atoms with Gasteiger partial charge in [0, 0.05) is 36.3 Å². The van der Waals surface area contributed by atoms with Crippen molar-refractivity contribution in [2.24, 2.45) is 11.3 Å². The highest BCUT2D eigenvalue weighted by atomic mass is 15.4. The first-order valence-corrected chi connectivity index (χ1v) is 9.92. The molecule has 0 aliphatic carbocycles. The summed E-state index contributed by atoms with van der Waals surface area (Å²) < 4.78 is 0. The van der Waals surface area contributed by atoms with Gasteiger partial charge in [0.2, 0.25) is 0 Å². The minimum absolute atomic E-state index is 0.214. The van der Waals surface area contributed by atoms with Crippen LogP contribution in [0.5, 0.6) is 0 Å². The second-order valence-corrected chi connectivity index (χ2v) is 11.2. The summed E-state index contributed by atoms with van der Waals surface area (Å²) in [6, 6.07) is 0. The Hall–Kier alpha value is -0.120. The Labute approximate surface area is 151 Å². The zero-order chi connectivity index (χ0) is 18.6. The summed E-state index contributed by atoms with van der Waals surface area (Å²) in [4.78, 5) is 8.04. The quantitative estimate of drug-likeness (QED) is 0.761. The first kappa shape index (κ1) is 20.2. The summed E-state index contributed by atoms with van der Waals surface area (Å²) in [5.74, 6) is 0.774. The van der Waals surface area contributed by atoms with Crippen LogP contribution in [0.4, 0.5) is 0 Å². The molecule has 0 N–H and O–H groups in total. The number of hydrogen-bond donors (Lipinski definition) is 0. The van der Waals surface area contributed by atoms with Gasteiger partial charge in [0.1, 0.15) is 0 Å². The van der Waals surface area contributed by atoms with Gasteiger partial charge < -0.3 is 0 Å². The molecule has 2 saturated heterocycles. The predicted octanol–water partition coefficient (Wildman–Crippen LogP) is 4.29. The zero-order valence-electron chi connectivity index (χ0n) is 18.2. The van der Waals surface area contributed by atoms with E-state index in [9.17, 15) is 0 Å². The average molecular weight is 338 g/mol. The van der Waals surface area contributed by atoms with E-state index in [1.54, 1.807) is 0 Å². The van der Waals surface area contributed by atoms with Crippen LogP contribution >= 0.6 is 0 Å². The van der Waals surface area contributed by atoms with Crippen LogP contribution in [0.25, 0.3) is 0 Å². The molecule has 2 rings (SSSR count). The largest absolute Gasteiger partial charge is 0.298 e. The standard InChI is InChI=1S/C21H43N3/c1-18(2,3)22-12-11-17(15-22)20(7,8)21(9,10)24-14-13-23(16-24)19(4,5)6/h17H,11-16H2,1-10H3. The zero-order valence-corrected chi connectivity index (χ0v) is 18.2. The van der Waals surface area contributed by atoms with Gasteiger partial charge in [0.05, 0.1) is 6.67 Å². The van der Waals surface area contributed by atoms with E-state index in [1.165, 1.54) is 32.6 Å². The maximum Gasteiger partial charge on any atom is 0.0517 e. The van der Waals surface area contributed by atoms with Crippen LogP contribution in [0.2, 0.25) is 0 Å². The Morgan fingerprint density at radius 1 is 0.625 bits per heavy atom. The molecule has 0 aromatic heterocycles. The minimum atomic E-state index is 0.214. The first-order valence-electron chi connectivity index (χ1n) is 9.92. The normalized spacial score (nSPS) is 26.5. The summed E-state index contributed by atoms with van der Waals surface area (Å²) in [6.45, 7) is 30.1. The molecule has 24 heavy (non-hydrogen) atoms. The molecule has 2 heterocycles. The average Bonchev–Trinajstić information content (AvgIpc) is 3.07. The highest BCUT2D eigenvalue weighted by Gasteiger charge is 2.50. The Bertz CT molecular complexity index is 397. The van der Waals surface area contributed by atoms with Crippen LogP contribution in [0.3, 0.4) is 0 Å². The summed E-state index contributed by atoms with van der Waals surface area (Å²) in [6.07, 6.45) is 1.34. The summed E-state index contributed by atoms with van der Waals surface area (Å²) >= 11 is 0. The third-order valence-electron chi connectivity index (χ3n) is 7.45. The van der Waals surface area contributed by atoms with Crippen molar-refractivity contribution >= 4 is 0 Å². The molecule has 0 amide bonds. The fourth-order valence-corrected chi connectivity index (χ4v) is 4.46. The second-order valence-electron chi connectivity index (χ2n) is 11.2. The molecule has 0 spiro atoms. The Morgan fingerprint density at radius 2 is 1.12 bits per heavy atom. The first-order chi connectivity index (χ1) is 10.7. The fraction of sp³-hybridized carbons (Fsp3) is 1.00. The lowest BCUT2D eigenvalue weighted by Crippen LogP contribution is -2.57. The Balaban J connectivity index is 2.11. The van der Waals surface area contributed by atoms with Crippen molar-refractivity contribution in [3.05, 3.63) is 0 Å². The number of rotatable bonds is 3. The molecule has 2 aliphatic rings. The van der Waals surface area contributed by atoms with Crippen LogP contribution in [0.1, 0.15) is 75.7 Å². The van der Waals surface area contributed by atoms with Crippen LogP contribution in [0.15, 0.2) is 0 Å². The number of nitrogens with zero attached hydrogens (tertiary/aromatic N) is 3. The third kappa shape index (κ3) is 3.68. The maximum atomic E-state index is 2.73. The van der Waals surface area contributed by atoms with Gasteiger partial charge in [0.15, 0.2) is 0 Å². The van der Waals surface area contributed by atoms with Gasteiger partial charge in [-0.05, 0) is 79.7 Å². The smallest absolute Gasteiger partial charge is 0.0517 e. The molecule has 1 unspecified atom stereocenters. The van der Waals surface area contributed by atoms with E-state index in [0.717, 1.165) is 12.6 Å². The lowest BCUT2D eigenvalue weighted by Gasteiger charge is -2.51. The molecule has 0 bridgehead atoms. The molecule has 0 radical (unpaired) electrons. The van der Waals surface area contributed by atoms with Gasteiger partial charge in [-0.3, -0.25) is 14.7 Å². The topological polar surface area (TPSA) is 9.72 Å². The van der Waals surface area contributed by atoms with Gasteiger partial charge in [0.25, 0.3) is 0 Å². The van der Waals surface area contributed by atoms with E-state index in [1.807, 2.05) is 0 Å². The van der Waals surface area contributed by atoms with Crippen molar-refractivity contribution in [2.45, 2.75) is 92.3 Å². The van der Waals surface area contributed by atoms with Crippen molar-refractivity contribution in [3.63, 3.8) is 0 Å². The Kier molecular flexibility index (Phi) is 5.25. The molecule has 2 aliphatic heterocycles. The van der Waals surface area contributed by atoms with E-state index in [0.29, 0.717) is 11.0 Å². The highest BCUT2D eigenvalue weighted by molar-refractivity contribution is 5.04. The van der Waals surface area contributed by atoms with Crippen LogP contribution < -0.4 is 0 Å². The molecular formula is C21H43N3. The van der Waals surface area contributed by atoms with E-state index >= 15 is 0 Å². The fourth-order valence-electron chi connectivity index (χ4n) is 4.46. The Morgan fingerprint density at radius 3 is 1.54 bits per heavy atom. The van der Waals surface area contributed by atoms with Gasteiger partial charge >= 0.3 is 0 Å². The van der Waals surface area contributed by atoms with Crippen molar-refractivity contribution in [2.75, 3.05) is 32.8 Å². The van der Waals surface area contributed by atoms with E-state index in [2.05, 4.69) is 83.9 Å². The monoisotopic (exact) mass is 337 g/mol. The maximum absolute atomic E-state index is 2.73. The van der Waals surface area contributed by atoms with E-state index in [4.69, 9.17) is 0 Å². The van der Waals surface area contributed by atoms with Crippen molar-refractivity contribution in [1.29, 1.82) is 0 Å². The molecule has 3 nitrogen and oxygen atoms in total. The SMILES string of the molecule is CC(C)(C)N1CCC(C(C)(C)C(C)(C)N2CCN(C(C)(C)C)C2)C1. The summed E-state index contributed by atoms with van der Waals surface area (Å²) in [7, 11) is 0. The lowest BCUT2D eigenvalue weighted by molar-refractivity contribution is -0.0277. The van der Waals surface area contributed by atoms with Gasteiger partial charge in [-0.25, -0.2) is 0 Å². The van der Waals surface area contributed by atoms with Gasteiger partial charge in [-0.15, -0.1) is 0 Å². The highest BCUT2D eigenvalue weighted by Crippen LogP contribution is 2.47. The number of likely N-dealkylation sites (tertiary alicyclic amines) is 1. The van der Waals surface area contributed by atoms with E-state index in [-0.39, 0.29) is 11.1 Å². The summed E-state index contributed by atoms with van der Waals surface area (Å²) in [5, 5.41) is 0. The second kappa shape index (κ2) is 6.25. The van der Waals surface area contributed by atoms with Crippen LogP contribution in [-0.2, 0) is 0 Å². The lowest BCUT2D eigenvalue weighted by atomic mass is 9.65. The molecule has 0 aromatic carbocycles. The molecule has 1 atom stereocenters.